The van der Waals surface area contributed by atoms with E-state index in [1.807, 2.05) is 42.5 Å². The number of anilines is 1. The molecule has 1 amide bonds. The highest BCUT2D eigenvalue weighted by Gasteiger charge is 2.17. The highest BCUT2D eigenvalue weighted by Crippen LogP contribution is 2.32. The number of benzene rings is 2. The number of rotatable bonds is 6. The van der Waals surface area contributed by atoms with Gasteiger partial charge in [0.05, 0.1) is 5.52 Å². The highest BCUT2D eigenvalue weighted by atomic mass is 16.1. The minimum atomic E-state index is -0.0766. The maximum absolute atomic E-state index is 12.0. The molecule has 1 aliphatic rings. The molecule has 0 unspecified atom stereocenters. The molecule has 1 heterocycles. The molecule has 4 rings (SSSR count). The molecule has 1 aliphatic carbocycles. The van der Waals surface area contributed by atoms with E-state index in [0.717, 1.165) is 23.9 Å². The van der Waals surface area contributed by atoms with Gasteiger partial charge in [-0.1, -0.05) is 48.5 Å². The number of amides is 1. The zero-order valence-electron chi connectivity index (χ0n) is 15.9. The predicted molar refractivity (Wildman–Crippen MR) is 115 cm³/mol. The molecule has 0 saturated carbocycles. The first-order valence-corrected chi connectivity index (χ1v) is 9.96. The SMILES string of the molecule is O=C(/C=C/c1ccccc1)NCCNc1c2c(nc3ccccc13)CCCC2. The van der Waals surface area contributed by atoms with Gasteiger partial charge in [0, 0.05) is 35.9 Å². The predicted octanol–water partition coefficient (Wildman–Crippen LogP) is 4.36. The monoisotopic (exact) mass is 371 g/mol. The van der Waals surface area contributed by atoms with E-state index >= 15 is 0 Å². The lowest BCUT2D eigenvalue weighted by Gasteiger charge is -2.21. The van der Waals surface area contributed by atoms with Gasteiger partial charge in [0.15, 0.2) is 0 Å². The third kappa shape index (κ3) is 4.22. The van der Waals surface area contributed by atoms with Crippen LogP contribution in [0.25, 0.3) is 17.0 Å². The molecule has 1 aromatic heterocycles. The van der Waals surface area contributed by atoms with Gasteiger partial charge < -0.3 is 10.6 Å². The Morgan fingerprint density at radius 1 is 0.964 bits per heavy atom. The molecule has 4 nitrogen and oxygen atoms in total. The average Bonchev–Trinajstić information content (AvgIpc) is 2.75. The topological polar surface area (TPSA) is 54.0 Å². The Labute approximate surface area is 165 Å². The van der Waals surface area contributed by atoms with Crippen LogP contribution in [-0.2, 0) is 17.6 Å². The van der Waals surface area contributed by atoms with Crippen LogP contribution in [0.4, 0.5) is 5.69 Å². The summed E-state index contributed by atoms with van der Waals surface area (Å²) in [4.78, 5) is 16.9. The van der Waals surface area contributed by atoms with Gasteiger partial charge in [-0.25, -0.2) is 0 Å². The van der Waals surface area contributed by atoms with E-state index in [-0.39, 0.29) is 5.91 Å². The summed E-state index contributed by atoms with van der Waals surface area (Å²) in [5, 5.41) is 7.68. The van der Waals surface area contributed by atoms with Crippen molar-refractivity contribution in [2.24, 2.45) is 0 Å². The number of aryl methyl sites for hydroxylation is 1. The summed E-state index contributed by atoms with van der Waals surface area (Å²) in [6.07, 6.45) is 7.95. The fraction of sp³-hybridized carbons (Fsp3) is 0.250. The Hall–Kier alpha value is -3.14. The maximum Gasteiger partial charge on any atom is 0.244 e. The molecule has 142 valence electrons. The quantitative estimate of drug-likeness (QED) is 0.500. The van der Waals surface area contributed by atoms with Crippen molar-refractivity contribution in [3.8, 4) is 0 Å². The second-order valence-corrected chi connectivity index (χ2v) is 7.10. The minimum Gasteiger partial charge on any atom is -0.382 e. The van der Waals surface area contributed by atoms with Gasteiger partial charge >= 0.3 is 0 Å². The van der Waals surface area contributed by atoms with Gasteiger partial charge in [0.25, 0.3) is 0 Å². The molecule has 0 bridgehead atoms. The Kier molecular flexibility index (Phi) is 5.66. The molecule has 0 spiro atoms. The maximum atomic E-state index is 12.0. The standard InChI is InChI=1S/C24H25N3O/c28-23(15-14-18-8-2-1-3-9-18)25-16-17-26-24-19-10-4-6-12-21(19)27-22-13-7-5-11-20(22)24/h1-4,6,8-10,12,14-15H,5,7,11,13,16-17H2,(H,25,28)(H,26,27)/b15-14+. The van der Waals surface area contributed by atoms with Gasteiger partial charge in [-0.15, -0.1) is 0 Å². The summed E-state index contributed by atoms with van der Waals surface area (Å²) in [6, 6.07) is 18.1. The van der Waals surface area contributed by atoms with E-state index in [1.54, 1.807) is 6.08 Å². The molecule has 0 aliphatic heterocycles. The third-order valence-electron chi connectivity index (χ3n) is 5.12. The van der Waals surface area contributed by atoms with Crippen LogP contribution in [0.15, 0.2) is 60.7 Å². The lowest BCUT2D eigenvalue weighted by atomic mass is 9.92. The van der Waals surface area contributed by atoms with Crippen molar-refractivity contribution in [2.45, 2.75) is 25.7 Å². The number of para-hydroxylation sites is 1. The summed E-state index contributed by atoms with van der Waals surface area (Å²) in [5.74, 6) is -0.0766. The van der Waals surface area contributed by atoms with Gasteiger partial charge in [0.2, 0.25) is 5.91 Å². The van der Waals surface area contributed by atoms with Crippen LogP contribution in [-0.4, -0.2) is 24.0 Å². The largest absolute Gasteiger partial charge is 0.382 e. The van der Waals surface area contributed by atoms with E-state index in [4.69, 9.17) is 4.98 Å². The van der Waals surface area contributed by atoms with Gasteiger partial charge in [0.1, 0.15) is 0 Å². The second-order valence-electron chi connectivity index (χ2n) is 7.10. The lowest BCUT2D eigenvalue weighted by Crippen LogP contribution is -2.27. The summed E-state index contributed by atoms with van der Waals surface area (Å²) in [6.45, 7) is 1.26. The number of carbonyl (C=O) groups excluding carboxylic acids is 1. The van der Waals surface area contributed by atoms with Gasteiger partial charge in [-0.2, -0.15) is 0 Å². The molecule has 4 heteroatoms. The van der Waals surface area contributed by atoms with Crippen LogP contribution in [0.5, 0.6) is 0 Å². The molecule has 3 aromatic rings. The first-order valence-electron chi connectivity index (χ1n) is 9.96. The van der Waals surface area contributed by atoms with Gasteiger partial charge in [-0.05, 0) is 49.0 Å². The normalized spacial score (nSPS) is 13.4. The number of aromatic nitrogens is 1. The summed E-state index contributed by atoms with van der Waals surface area (Å²) >= 11 is 0. The molecule has 28 heavy (non-hydrogen) atoms. The van der Waals surface area contributed by atoms with E-state index in [9.17, 15) is 4.79 Å². The molecule has 0 fully saturated rings. The molecule has 0 radical (unpaired) electrons. The van der Waals surface area contributed by atoms with E-state index in [1.165, 1.54) is 35.2 Å². The molecular formula is C24H25N3O. The van der Waals surface area contributed by atoms with Crippen molar-refractivity contribution in [3.63, 3.8) is 0 Å². The van der Waals surface area contributed by atoms with E-state index < -0.39 is 0 Å². The van der Waals surface area contributed by atoms with Crippen molar-refractivity contribution in [1.82, 2.24) is 10.3 Å². The Morgan fingerprint density at radius 2 is 1.75 bits per heavy atom. The van der Waals surface area contributed by atoms with E-state index in [2.05, 4.69) is 28.8 Å². The van der Waals surface area contributed by atoms with E-state index in [0.29, 0.717) is 13.1 Å². The minimum absolute atomic E-state index is 0.0766. The van der Waals surface area contributed by atoms with Crippen molar-refractivity contribution in [1.29, 1.82) is 0 Å². The lowest BCUT2D eigenvalue weighted by molar-refractivity contribution is -0.116. The zero-order chi connectivity index (χ0) is 19.2. The fourth-order valence-electron chi connectivity index (χ4n) is 3.74. The van der Waals surface area contributed by atoms with Crippen LogP contribution in [0.3, 0.4) is 0 Å². The molecular weight excluding hydrogens is 346 g/mol. The summed E-state index contributed by atoms with van der Waals surface area (Å²) in [5.41, 5.74) is 5.82. The van der Waals surface area contributed by atoms with Crippen LogP contribution >= 0.6 is 0 Å². The number of nitrogens with one attached hydrogen (secondary N) is 2. The zero-order valence-corrected chi connectivity index (χ0v) is 15.9. The Bertz CT molecular complexity index is 995. The summed E-state index contributed by atoms with van der Waals surface area (Å²) < 4.78 is 0. The van der Waals surface area contributed by atoms with Crippen LogP contribution < -0.4 is 10.6 Å². The molecule has 2 N–H and O–H groups in total. The first-order chi connectivity index (χ1) is 13.8. The number of hydrogen-bond acceptors (Lipinski definition) is 3. The van der Waals surface area contributed by atoms with Crippen molar-refractivity contribution >= 4 is 28.6 Å². The second kappa shape index (κ2) is 8.70. The van der Waals surface area contributed by atoms with Crippen molar-refractivity contribution < 1.29 is 4.79 Å². The molecule has 2 aromatic carbocycles. The summed E-state index contributed by atoms with van der Waals surface area (Å²) in [7, 11) is 0. The molecule has 0 saturated heterocycles. The number of carbonyl (C=O) groups is 1. The van der Waals surface area contributed by atoms with Crippen LogP contribution in [0.1, 0.15) is 29.7 Å². The fourth-order valence-corrected chi connectivity index (χ4v) is 3.74. The number of pyridine rings is 1. The smallest absolute Gasteiger partial charge is 0.244 e. The average molecular weight is 371 g/mol. The molecule has 0 atom stereocenters. The number of fused-ring (bicyclic) bond motifs is 2. The first kappa shape index (κ1) is 18.2. The number of nitrogens with zero attached hydrogens (tertiary/aromatic N) is 1. The number of hydrogen-bond donors (Lipinski definition) is 2. The van der Waals surface area contributed by atoms with Crippen LogP contribution in [0.2, 0.25) is 0 Å². The van der Waals surface area contributed by atoms with Gasteiger partial charge in [-0.3, -0.25) is 9.78 Å². The van der Waals surface area contributed by atoms with Crippen molar-refractivity contribution in [3.05, 3.63) is 77.5 Å². The van der Waals surface area contributed by atoms with Crippen molar-refractivity contribution in [2.75, 3.05) is 18.4 Å². The Balaban J connectivity index is 1.39. The highest BCUT2D eigenvalue weighted by molar-refractivity contribution is 5.94. The third-order valence-corrected chi connectivity index (χ3v) is 5.12. The van der Waals surface area contributed by atoms with Crippen LogP contribution in [0, 0.1) is 0 Å². The Morgan fingerprint density at radius 3 is 2.64 bits per heavy atom.